The van der Waals surface area contributed by atoms with Crippen molar-refractivity contribution < 1.29 is 9.53 Å². The molecule has 21 heavy (non-hydrogen) atoms. The number of hydrogen-bond donors (Lipinski definition) is 1. The van der Waals surface area contributed by atoms with Gasteiger partial charge in [-0.15, -0.1) is 0 Å². The van der Waals surface area contributed by atoms with Crippen molar-refractivity contribution in [1.29, 1.82) is 0 Å². The Morgan fingerprint density at radius 1 is 1.48 bits per heavy atom. The lowest BCUT2D eigenvalue weighted by molar-refractivity contribution is -0.122. The highest BCUT2D eigenvalue weighted by atomic mass is 79.9. The van der Waals surface area contributed by atoms with E-state index < -0.39 is 0 Å². The van der Waals surface area contributed by atoms with Crippen LogP contribution >= 0.6 is 28.1 Å². The summed E-state index contributed by atoms with van der Waals surface area (Å²) in [7, 11) is 0. The minimum Gasteiger partial charge on any atom is -0.499 e. The minimum atomic E-state index is -0.329. The molecular weight excluding hydrogens is 354 g/mol. The van der Waals surface area contributed by atoms with Gasteiger partial charge in [-0.05, 0) is 43.8 Å². The van der Waals surface area contributed by atoms with Crippen LogP contribution in [0, 0.1) is 0 Å². The molecule has 0 saturated carbocycles. The average molecular weight is 368 g/mol. The molecule has 1 saturated heterocycles. The average Bonchev–Trinajstić information content (AvgIpc) is 2.73. The van der Waals surface area contributed by atoms with E-state index in [-0.39, 0.29) is 16.7 Å². The number of thiocarbonyl (C=S) groups is 1. The predicted molar refractivity (Wildman–Crippen MR) is 88.6 cm³/mol. The molecule has 0 aromatic heterocycles. The van der Waals surface area contributed by atoms with Crippen LogP contribution in [0.3, 0.4) is 0 Å². The highest BCUT2D eigenvalue weighted by Crippen LogP contribution is 2.14. The molecule has 5 nitrogen and oxygen atoms in total. The van der Waals surface area contributed by atoms with E-state index in [1.165, 1.54) is 6.26 Å². The highest BCUT2D eigenvalue weighted by Gasteiger charge is 2.31. The molecule has 0 radical (unpaired) electrons. The van der Waals surface area contributed by atoms with Crippen molar-refractivity contribution in [3.05, 3.63) is 46.3 Å². The van der Waals surface area contributed by atoms with Crippen molar-refractivity contribution in [3.8, 4) is 0 Å². The summed E-state index contributed by atoms with van der Waals surface area (Å²) in [6.45, 7) is 4.14. The summed E-state index contributed by atoms with van der Waals surface area (Å²) in [6.07, 6.45) is 1.36. The summed E-state index contributed by atoms with van der Waals surface area (Å²) in [5.74, 6) is -0.329. The first kappa shape index (κ1) is 15.7. The Hall–Kier alpha value is -1.73. The van der Waals surface area contributed by atoms with Crippen LogP contribution in [0.25, 0.3) is 0 Å². The fourth-order valence-corrected chi connectivity index (χ4v) is 2.16. The lowest BCUT2D eigenvalue weighted by Crippen LogP contribution is -2.26. The van der Waals surface area contributed by atoms with Gasteiger partial charge < -0.3 is 10.1 Å². The van der Waals surface area contributed by atoms with E-state index in [4.69, 9.17) is 17.0 Å². The van der Waals surface area contributed by atoms with Crippen molar-refractivity contribution in [1.82, 2.24) is 10.3 Å². The number of nitrogens with zero attached hydrogens (tertiary/aromatic N) is 2. The van der Waals surface area contributed by atoms with Gasteiger partial charge in [0, 0.05) is 4.47 Å². The number of carbonyl (C=O) groups excluding carboxylic acids is 1. The maximum Gasteiger partial charge on any atom is 0.300 e. The van der Waals surface area contributed by atoms with Crippen LogP contribution in [0.15, 0.2) is 45.8 Å². The number of rotatable bonds is 4. The minimum absolute atomic E-state index is 0.238. The third-order valence-electron chi connectivity index (χ3n) is 2.74. The van der Waals surface area contributed by atoms with Crippen LogP contribution in [0.1, 0.15) is 19.4 Å². The second-order valence-electron chi connectivity index (χ2n) is 4.23. The van der Waals surface area contributed by atoms with Gasteiger partial charge >= 0.3 is 0 Å². The van der Waals surface area contributed by atoms with Gasteiger partial charge in [0.1, 0.15) is 12.0 Å². The molecule has 110 valence electrons. The SMILES string of the molecule is CCO/C=C1/NC(=S)N(N=C(C)c2ccc(Br)cc2)C1=O. The largest absolute Gasteiger partial charge is 0.499 e. The quantitative estimate of drug-likeness (QED) is 0.384. The van der Waals surface area contributed by atoms with E-state index in [0.717, 1.165) is 15.0 Å². The molecule has 1 amide bonds. The molecule has 0 spiro atoms. The topological polar surface area (TPSA) is 53.9 Å². The molecule has 7 heteroatoms. The zero-order chi connectivity index (χ0) is 15.4. The molecule has 1 fully saturated rings. The lowest BCUT2D eigenvalue weighted by Gasteiger charge is -2.09. The summed E-state index contributed by atoms with van der Waals surface area (Å²) in [5, 5.41) is 8.47. The Kier molecular flexibility index (Phi) is 5.08. The van der Waals surface area contributed by atoms with Crippen LogP contribution in [0.4, 0.5) is 0 Å². The van der Waals surface area contributed by atoms with Gasteiger partial charge in [-0.2, -0.15) is 10.1 Å². The van der Waals surface area contributed by atoms with Gasteiger partial charge in [-0.3, -0.25) is 4.79 Å². The van der Waals surface area contributed by atoms with Gasteiger partial charge in [0.15, 0.2) is 0 Å². The predicted octanol–water partition coefficient (Wildman–Crippen LogP) is 2.77. The number of ether oxygens (including phenoxy) is 1. The van der Waals surface area contributed by atoms with E-state index >= 15 is 0 Å². The Morgan fingerprint density at radius 3 is 2.76 bits per heavy atom. The molecular formula is C14H14BrN3O2S. The number of hydrogen-bond acceptors (Lipinski definition) is 4. The molecule has 1 aliphatic rings. The Morgan fingerprint density at radius 2 is 2.14 bits per heavy atom. The molecule has 1 N–H and O–H groups in total. The maximum atomic E-state index is 12.2. The molecule has 0 atom stereocenters. The monoisotopic (exact) mass is 367 g/mol. The molecule has 1 aromatic rings. The molecule has 1 aliphatic heterocycles. The zero-order valence-corrected chi connectivity index (χ0v) is 14.0. The molecule has 1 aromatic carbocycles. The molecule has 1 heterocycles. The number of halogens is 1. The third kappa shape index (κ3) is 3.68. The van der Waals surface area contributed by atoms with E-state index in [1.807, 2.05) is 38.1 Å². The summed E-state index contributed by atoms with van der Waals surface area (Å²) in [6, 6.07) is 7.65. The fraction of sp³-hybridized carbons (Fsp3) is 0.214. The lowest BCUT2D eigenvalue weighted by atomic mass is 10.1. The van der Waals surface area contributed by atoms with Gasteiger partial charge in [0.2, 0.25) is 5.11 Å². The number of carbonyl (C=O) groups is 1. The first-order valence-corrected chi connectivity index (χ1v) is 7.51. The molecule has 0 aliphatic carbocycles. The van der Waals surface area contributed by atoms with Crippen LogP contribution in [0.2, 0.25) is 0 Å². The fourth-order valence-electron chi connectivity index (χ4n) is 1.66. The van der Waals surface area contributed by atoms with E-state index in [2.05, 4.69) is 26.3 Å². The summed E-state index contributed by atoms with van der Waals surface area (Å²) in [4.78, 5) is 12.2. The van der Waals surface area contributed by atoms with Gasteiger partial charge in [0.25, 0.3) is 5.91 Å². The standard InChI is InChI=1S/C14H14BrN3O2S/c1-3-20-8-12-13(19)18(14(21)16-12)17-9(2)10-4-6-11(15)7-5-10/h4-8H,3H2,1-2H3,(H,16,21)/b12-8+,17-9?. The van der Waals surface area contributed by atoms with Crippen molar-refractivity contribution in [2.75, 3.05) is 6.61 Å². The van der Waals surface area contributed by atoms with Crippen LogP contribution in [-0.2, 0) is 9.53 Å². The summed E-state index contributed by atoms with van der Waals surface area (Å²) >= 11 is 8.49. The molecule has 0 unspecified atom stereocenters. The number of nitrogens with one attached hydrogen (secondary N) is 1. The first-order valence-electron chi connectivity index (χ1n) is 6.31. The number of amides is 1. The van der Waals surface area contributed by atoms with Crippen molar-refractivity contribution in [3.63, 3.8) is 0 Å². The second-order valence-corrected chi connectivity index (χ2v) is 5.53. The smallest absolute Gasteiger partial charge is 0.300 e. The second kappa shape index (κ2) is 6.82. The number of benzene rings is 1. The first-order chi connectivity index (χ1) is 10.0. The van der Waals surface area contributed by atoms with E-state index in [0.29, 0.717) is 12.3 Å². The van der Waals surface area contributed by atoms with Gasteiger partial charge in [-0.1, -0.05) is 28.1 Å². The van der Waals surface area contributed by atoms with Crippen LogP contribution < -0.4 is 5.32 Å². The zero-order valence-electron chi connectivity index (χ0n) is 11.6. The summed E-state index contributed by atoms with van der Waals surface area (Å²) < 4.78 is 6.08. The van der Waals surface area contributed by atoms with Crippen molar-refractivity contribution >= 4 is 44.9 Å². The normalized spacial score (nSPS) is 17.4. The van der Waals surface area contributed by atoms with Gasteiger partial charge in [-0.25, -0.2) is 0 Å². The van der Waals surface area contributed by atoms with E-state index in [1.54, 1.807) is 0 Å². The van der Waals surface area contributed by atoms with Crippen LogP contribution in [0.5, 0.6) is 0 Å². The highest BCUT2D eigenvalue weighted by molar-refractivity contribution is 9.10. The van der Waals surface area contributed by atoms with Crippen molar-refractivity contribution in [2.24, 2.45) is 5.10 Å². The van der Waals surface area contributed by atoms with Gasteiger partial charge in [0.05, 0.1) is 12.3 Å². The van der Waals surface area contributed by atoms with Crippen molar-refractivity contribution in [2.45, 2.75) is 13.8 Å². The summed E-state index contributed by atoms with van der Waals surface area (Å²) in [5.41, 5.74) is 1.89. The third-order valence-corrected chi connectivity index (χ3v) is 3.54. The van der Waals surface area contributed by atoms with E-state index in [9.17, 15) is 4.79 Å². The number of hydrazone groups is 1. The van der Waals surface area contributed by atoms with Crippen LogP contribution in [-0.4, -0.2) is 28.3 Å². The Bertz CT molecular complexity index is 626. The molecule has 2 rings (SSSR count). The maximum absolute atomic E-state index is 12.2. The Labute approximate surface area is 136 Å². The Balaban J connectivity index is 2.22. The molecule has 0 bridgehead atoms.